The van der Waals surface area contributed by atoms with Gasteiger partial charge in [0.25, 0.3) is 0 Å². The zero-order chi connectivity index (χ0) is 13.1. The van der Waals surface area contributed by atoms with E-state index in [0.29, 0.717) is 6.61 Å². The average molecular weight is 361 g/mol. The molecule has 0 spiro atoms. The molecular formula is C16H12INO. The van der Waals surface area contributed by atoms with Crippen LogP contribution in [0, 0.1) is 3.57 Å². The minimum absolute atomic E-state index is 0.559. The average Bonchev–Trinajstić information content (AvgIpc) is 2.47. The topological polar surface area (TPSA) is 22.1 Å². The van der Waals surface area contributed by atoms with Gasteiger partial charge in [0.1, 0.15) is 12.4 Å². The van der Waals surface area contributed by atoms with E-state index in [1.165, 1.54) is 3.57 Å². The number of halogens is 1. The summed E-state index contributed by atoms with van der Waals surface area (Å²) in [4.78, 5) is 4.35. The van der Waals surface area contributed by atoms with E-state index in [-0.39, 0.29) is 0 Å². The lowest BCUT2D eigenvalue weighted by Crippen LogP contribution is -1.97. The summed E-state index contributed by atoms with van der Waals surface area (Å²) >= 11 is 2.28. The highest BCUT2D eigenvalue weighted by molar-refractivity contribution is 14.1. The molecule has 0 bridgehead atoms. The van der Waals surface area contributed by atoms with Gasteiger partial charge in [0.15, 0.2) is 0 Å². The van der Waals surface area contributed by atoms with Crippen molar-refractivity contribution in [3.05, 3.63) is 69.9 Å². The third kappa shape index (κ3) is 2.87. The molecule has 0 radical (unpaired) electrons. The fourth-order valence-electron chi connectivity index (χ4n) is 1.97. The molecule has 3 aromatic rings. The van der Waals surface area contributed by atoms with Crippen molar-refractivity contribution in [2.75, 3.05) is 0 Å². The van der Waals surface area contributed by atoms with Gasteiger partial charge in [-0.2, -0.15) is 0 Å². The molecule has 0 atom stereocenters. The molecular weight excluding hydrogens is 349 g/mol. The molecule has 0 aliphatic rings. The maximum atomic E-state index is 5.82. The van der Waals surface area contributed by atoms with Crippen molar-refractivity contribution in [1.29, 1.82) is 0 Å². The van der Waals surface area contributed by atoms with Gasteiger partial charge >= 0.3 is 0 Å². The van der Waals surface area contributed by atoms with Crippen LogP contribution in [0.3, 0.4) is 0 Å². The molecule has 1 aromatic heterocycles. The van der Waals surface area contributed by atoms with E-state index in [1.807, 2.05) is 54.7 Å². The second-order valence-electron chi connectivity index (χ2n) is 4.23. The van der Waals surface area contributed by atoms with Gasteiger partial charge in [-0.3, -0.25) is 4.98 Å². The molecule has 0 N–H and O–H groups in total. The van der Waals surface area contributed by atoms with Crippen LogP contribution in [0.2, 0.25) is 0 Å². The minimum Gasteiger partial charge on any atom is -0.489 e. The second-order valence-corrected chi connectivity index (χ2v) is 5.48. The molecule has 94 valence electrons. The van der Waals surface area contributed by atoms with Gasteiger partial charge in [-0.25, -0.2) is 0 Å². The van der Waals surface area contributed by atoms with Crippen LogP contribution in [-0.2, 0) is 6.61 Å². The first-order valence-electron chi connectivity index (χ1n) is 6.04. The summed E-state index contributed by atoms with van der Waals surface area (Å²) in [7, 11) is 0. The van der Waals surface area contributed by atoms with Crippen LogP contribution in [0.4, 0.5) is 0 Å². The number of rotatable bonds is 3. The summed E-state index contributed by atoms with van der Waals surface area (Å²) in [6, 6.07) is 18.2. The second kappa shape index (κ2) is 5.57. The van der Waals surface area contributed by atoms with Gasteiger partial charge in [0.2, 0.25) is 0 Å². The van der Waals surface area contributed by atoms with Crippen LogP contribution in [-0.4, -0.2) is 4.98 Å². The quantitative estimate of drug-likeness (QED) is 0.645. The number of hydrogen-bond acceptors (Lipinski definition) is 2. The van der Waals surface area contributed by atoms with E-state index in [4.69, 9.17) is 4.74 Å². The van der Waals surface area contributed by atoms with Crippen molar-refractivity contribution in [3.63, 3.8) is 0 Å². The zero-order valence-corrected chi connectivity index (χ0v) is 12.4. The predicted octanol–water partition coefficient (Wildman–Crippen LogP) is 4.42. The summed E-state index contributed by atoms with van der Waals surface area (Å²) < 4.78 is 7.03. The third-order valence-corrected chi connectivity index (χ3v) is 3.67. The molecule has 2 aromatic carbocycles. The standard InChI is InChI=1S/C16H12INO/c17-13-5-7-14(8-6-13)19-11-12-9-10-18-16-4-2-1-3-15(12)16/h1-10H,11H2. The Bertz CT molecular complexity index is 689. The van der Waals surface area contributed by atoms with Gasteiger partial charge in [-0.05, 0) is 59.0 Å². The molecule has 3 rings (SSSR count). The predicted molar refractivity (Wildman–Crippen MR) is 85.2 cm³/mol. The van der Waals surface area contributed by atoms with E-state index in [2.05, 4.69) is 33.6 Å². The maximum Gasteiger partial charge on any atom is 0.119 e. The highest BCUT2D eigenvalue weighted by Crippen LogP contribution is 2.19. The maximum absolute atomic E-state index is 5.82. The molecule has 0 saturated heterocycles. The number of nitrogens with zero attached hydrogens (tertiary/aromatic N) is 1. The van der Waals surface area contributed by atoms with Crippen molar-refractivity contribution in [1.82, 2.24) is 4.98 Å². The molecule has 3 heteroatoms. The molecule has 0 aliphatic carbocycles. The number of fused-ring (bicyclic) bond motifs is 1. The smallest absolute Gasteiger partial charge is 0.119 e. The first-order valence-corrected chi connectivity index (χ1v) is 7.12. The lowest BCUT2D eigenvalue weighted by Gasteiger charge is -2.08. The first-order chi connectivity index (χ1) is 9.33. The molecule has 0 fully saturated rings. The van der Waals surface area contributed by atoms with Crippen LogP contribution in [0.15, 0.2) is 60.8 Å². The Morgan fingerprint density at radius 1 is 0.947 bits per heavy atom. The van der Waals surface area contributed by atoms with Crippen molar-refractivity contribution in [2.45, 2.75) is 6.61 Å². The molecule has 0 aliphatic heterocycles. The fraction of sp³-hybridized carbons (Fsp3) is 0.0625. The van der Waals surface area contributed by atoms with Gasteiger partial charge in [-0.1, -0.05) is 18.2 Å². The number of benzene rings is 2. The Morgan fingerprint density at radius 3 is 2.58 bits per heavy atom. The van der Waals surface area contributed by atoms with E-state index < -0.39 is 0 Å². The van der Waals surface area contributed by atoms with Crippen LogP contribution in [0.5, 0.6) is 5.75 Å². The van der Waals surface area contributed by atoms with E-state index >= 15 is 0 Å². The van der Waals surface area contributed by atoms with Crippen molar-refractivity contribution < 1.29 is 4.74 Å². The third-order valence-electron chi connectivity index (χ3n) is 2.95. The van der Waals surface area contributed by atoms with Crippen LogP contribution < -0.4 is 4.74 Å². The normalized spacial score (nSPS) is 10.6. The van der Waals surface area contributed by atoms with E-state index in [1.54, 1.807) is 0 Å². The number of hydrogen-bond donors (Lipinski definition) is 0. The molecule has 0 saturated carbocycles. The summed E-state index contributed by atoms with van der Waals surface area (Å²) in [6.45, 7) is 0.559. The number of para-hydroxylation sites is 1. The van der Waals surface area contributed by atoms with Crippen LogP contribution >= 0.6 is 22.6 Å². The lowest BCUT2D eigenvalue weighted by atomic mass is 10.1. The molecule has 0 unspecified atom stereocenters. The zero-order valence-electron chi connectivity index (χ0n) is 10.2. The minimum atomic E-state index is 0.559. The molecule has 19 heavy (non-hydrogen) atoms. The van der Waals surface area contributed by atoms with Crippen molar-refractivity contribution in [2.24, 2.45) is 0 Å². The Morgan fingerprint density at radius 2 is 1.74 bits per heavy atom. The molecule has 2 nitrogen and oxygen atoms in total. The van der Waals surface area contributed by atoms with Crippen molar-refractivity contribution >= 4 is 33.5 Å². The Kier molecular flexibility index (Phi) is 3.64. The van der Waals surface area contributed by atoms with Gasteiger partial charge in [0.05, 0.1) is 5.52 Å². The van der Waals surface area contributed by atoms with E-state index in [0.717, 1.165) is 22.2 Å². The Hall–Kier alpha value is -1.62. The summed E-state index contributed by atoms with van der Waals surface area (Å²) in [6.07, 6.45) is 1.83. The van der Waals surface area contributed by atoms with Crippen LogP contribution in [0.1, 0.15) is 5.56 Å². The number of aromatic nitrogens is 1. The Labute approximate surface area is 125 Å². The SMILES string of the molecule is Ic1ccc(OCc2ccnc3ccccc23)cc1. The lowest BCUT2D eigenvalue weighted by molar-refractivity contribution is 0.307. The first kappa shape index (κ1) is 12.4. The van der Waals surface area contributed by atoms with Crippen molar-refractivity contribution in [3.8, 4) is 5.75 Å². The number of pyridine rings is 1. The largest absolute Gasteiger partial charge is 0.489 e. The fourth-order valence-corrected chi connectivity index (χ4v) is 2.33. The van der Waals surface area contributed by atoms with Gasteiger partial charge in [0, 0.05) is 20.7 Å². The summed E-state index contributed by atoms with van der Waals surface area (Å²) in [5.41, 5.74) is 2.16. The number of ether oxygens (including phenoxy) is 1. The highest BCUT2D eigenvalue weighted by atomic mass is 127. The summed E-state index contributed by atoms with van der Waals surface area (Å²) in [5, 5.41) is 1.15. The Balaban J connectivity index is 1.84. The van der Waals surface area contributed by atoms with Gasteiger partial charge < -0.3 is 4.74 Å². The summed E-state index contributed by atoms with van der Waals surface area (Å²) in [5.74, 6) is 0.890. The van der Waals surface area contributed by atoms with Crippen LogP contribution in [0.25, 0.3) is 10.9 Å². The molecule has 1 heterocycles. The van der Waals surface area contributed by atoms with Gasteiger partial charge in [-0.15, -0.1) is 0 Å². The monoisotopic (exact) mass is 361 g/mol. The highest BCUT2D eigenvalue weighted by Gasteiger charge is 2.02. The van der Waals surface area contributed by atoms with E-state index in [9.17, 15) is 0 Å². The molecule has 0 amide bonds.